The summed E-state index contributed by atoms with van der Waals surface area (Å²) in [5.41, 5.74) is 7.18. The fourth-order valence-corrected chi connectivity index (χ4v) is 3.12. The van der Waals surface area contributed by atoms with Crippen LogP contribution >= 0.6 is 15.9 Å². The van der Waals surface area contributed by atoms with E-state index < -0.39 is 0 Å². The summed E-state index contributed by atoms with van der Waals surface area (Å²) in [5.74, 6) is 0. The van der Waals surface area contributed by atoms with Gasteiger partial charge in [-0.2, -0.15) is 0 Å². The topological polar surface area (TPSA) is 58.7 Å². The second-order valence-corrected chi connectivity index (χ2v) is 5.81. The molecule has 0 bridgehead atoms. The number of hydrogen-bond acceptors (Lipinski definition) is 4. The molecule has 0 aromatic heterocycles. The van der Waals surface area contributed by atoms with Crippen LogP contribution in [-0.2, 0) is 4.74 Å². The first kappa shape index (κ1) is 14.9. The number of morpholine rings is 1. The Morgan fingerprint density at radius 2 is 2.26 bits per heavy atom. The largest absolute Gasteiger partial charge is 0.394 e. The molecule has 3 N–H and O–H groups in total. The molecule has 0 radical (unpaired) electrons. The van der Waals surface area contributed by atoms with E-state index in [2.05, 4.69) is 33.8 Å². The van der Waals surface area contributed by atoms with Gasteiger partial charge in [-0.25, -0.2) is 0 Å². The maximum Gasteiger partial charge on any atom is 0.0933 e. The highest BCUT2D eigenvalue weighted by Gasteiger charge is 2.31. The van der Waals surface area contributed by atoms with Gasteiger partial charge in [-0.05, 0) is 18.6 Å². The lowest BCUT2D eigenvalue weighted by atomic mass is 10.0. The van der Waals surface area contributed by atoms with E-state index in [0.717, 1.165) is 4.47 Å². The number of halogens is 1. The van der Waals surface area contributed by atoms with Crippen molar-refractivity contribution in [3.63, 3.8) is 0 Å². The van der Waals surface area contributed by atoms with Crippen LogP contribution in [0.1, 0.15) is 18.5 Å². The summed E-state index contributed by atoms with van der Waals surface area (Å²) in [5, 5.41) is 9.28. The van der Waals surface area contributed by atoms with Crippen LogP contribution in [0.2, 0.25) is 0 Å². The molecule has 106 valence electrons. The highest BCUT2D eigenvalue weighted by Crippen LogP contribution is 2.30. The zero-order chi connectivity index (χ0) is 13.8. The van der Waals surface area contributed by atoms with E-state index in [1.807, 2.05) is 18.2 Å². The Balaban J connectivity index is 2.23. The average Bonchev–Trinajstić information content (AvgIpc) is 2.43. The quantitative estimate of drug-likeness (QED) is 0.880. The molecule has 1 aromatic rings. The van der Waals surface area contributed by atoms with Crippen LogP contribution in [0.3, 0.4) is 0 Å². The van der Waals surface area contributed by atoms with E-state index in [1.54, 1.807) is 0 Å². The highest BCUT2D eigenvalue weighted by atomic mass is 79.9. The summed E-state index contributed by atoms with van der Waals surface area (Å²) in [6.45, 7) is 4.07. The normalized spacial score (nSPS) is 26.3. The zero-order valence-electron chi connectivity index (χ0n) is 11.1. The summed E-state index contributed by atoms with van der Waals surface area (Å²) in [4.78, 5) is 2.32. The summed E-state index contributed by atoms with van der Waals surface area (Å²) < 4.78 is 6.66. The summed E-state index contributed by atoms with van der Waals surface area (Å²) in [7, 11) is 0. The van der Waals surface area contributed by atoms with Gasteiger partial charge in [-0.3, -0.25) is 4.90 Å². The van der Waals surface area contributed by atoms with Gasteiger partial charge in [-0.15, -0.1) is 0 Å². The standard InChI is InChI=1S/C14H21BrN2O2/c1-10-9-19-11(8-18)7-17(10)14(6-16)12-4-2-3-5-13(12)15/h2-5,10-11,14,18H,6-9,16H2,1H3. The maximum atomic E-state index is 9.28. The number of nitrogens with zero attached hydrogens (tertiary/aromatic N) is 1. The van der Waals surface area contributed by atoms with Gasteiger partial charge in [-0.1, -0.05) is 34.1 Å². The fraction of sp³-hybridized carbons (Fsp3) is 0.571. The summed E-state index contributed by atoms with van der Waals surface area (Å²) >= 11 is 3.59. The van der Waals surface area contributed by atoms with Crippen LogP contribution in [-0.4, -0.2) is 48.5 Å². The van der Waals surface area contributed by atoms with Gasteiger partial charge in [0.15, 0.2) is 0 Å². The molecule has 1 saturated heterocycles. The van der Waals surface area contributed by atoms with Gasteiger partial charge in [0, 0.05) is 29.6 Å². The van der Waals surface area contributed by atoms with Crippen molar-refractivity contribution in [2.45, 2.75) is 25.1 Å². The molecule has 1 fully saturated rings. The van der Waals surface area contributed by atoms with E-state index >= 15 is 0 Å². The van der Waals surface area contributed by atoms with E-state index in [0.29, 0.717) is 25.7 Å². The molecule has 5 heteroatoms. The van der Waals surface area contributed by atoms with Crippen molar-refractivity contribution in [3.05, 3.63) is 34.3 Å². The molecule has 2 rings (SSSR count). The predicted molar refractivity (Wildman–Crippen MR) is 78.9 cm³/mol. The van der Waals surface area contributed by atoms with Crippen molar-refractivity contribution in [2.75, 3.05) is 26.3 Å². The molecular weight excluding hydrogens is 308 g/mol. The van der Waals surface area contributed by atoms with Gasteiger partial charge in [0.05, 0.1) is 19.3 Å². The zero-order valence-corrected chi connectivity index (χ0v) is 12.7. The number of aliphatic hydroxyl groups excluding tert-OH is 1. The summed E-state index contributed by atoms with van der Waals surface area (Å²) in [6, 6.07) is 8.59. The number of aliphatic hydroxyl groups is 1. The molecule has 0 aliphatic carbocycles. The number of ether oxygens (including phenoxy) is 1. The summed E-state index contributed by atoms with van der Waals surface area (Å²) in [6.07, 6.45) is -0.118. The Labute approximate surface area is 122 Å². The van der Waals surface area contributed by atoms with Crippen molar-refractivity contribution >= 4 is 15.9 Å². The Bertz CT molecular complexity index is 416. The second kappa shape index (κ2) is 6.81. The molecule has 1 heterocycles. The first-order chi connectivity index (χ1) is 9.17. The molecule has 19 heavy (non-hydrogen) atoms. The van der Waals surface area contributed by atoms with Gasteiger partial charge in [0.25, 0.3) is 0 Å². The fourth-order valence-electron chi connectivity index (χ4n) is 2.57. The van der Waals surface area contributed by atoms with Crippen molar-refractivity contribution in [3.8, 4) is 0 Å². The van der Waals surface area contributed by atoms with Gasteiger partial charge in [0.2, 0.25) is 0 Å². The lowest BCUT2D eigenvalue weighted by Gasteiger charge is -2.42. The van der Waals surface area contributed by atoms with Crippen molar-refractivity contribution < 1.29 is 9.84 Å². The molecule has 3 unspecified atom stereocenters. The molecule has 0 spiro atoms. The Hall–Kier alpha value is -0.460. The SMILES string of the molecule is CC1COC(CO)CN1C(CN)c1ccccc1Br. The number of hydrogen-bond donors (Lipinski definition) is 2. The predicted octanol–water partition coefficient (Wildman–Crippen LogP) is 1.53. The van der Waals surface area contributed by atoms with Crippen LogP contribution in [0, 0.1) is 0 Å². The first-order valence-corrected chi connectivity index (χ1v) is 7.39. The van der Waals surface area contributed by atoms with Crippen LogP contribution < -0.4 is 5.73 Å². The molecule has 1 aromatic carbocycles. The highest BCUT2D eigenvalue weighted by molar-refractivity contribution is 9.10. The Morgan fingerprint density at radius 3 is 2.89 bits per heavy atom. The van der Waals surface area contributed by atoms with E-state index in [4.69, 9.17) is 10.5 Å². The smallest absolute Gasteiger partial charge is 0.0933 e. The minimum Gasteiger partial charge on any atom is -0.394 e. The molecule has 3 atom stereocenters. The molecule has 1 aliphatic rings. The van der Waals surface area contributed by atoms with Crippen LogP contribution in [0.15, 0.2) is 28.7 Å². The Kier molecular flexibility index (Phi) is 5.36. The minimum absolute atomic E-state index is 0.0521. The average molecular weight is 329 g/mol. The van der Waals surface area contributed by atoms with Crippen LogP contribution in [0.4, 0.5) is 0 Å². The molecule has 4 nitrogen and oxygen atoms in total. The van der Waals surface area contributed by atoms with Crippen molar-refractivity contribution in [2.24, 2.45) is 5.73 Å². The lowest BCUT2D eigenvalue weighted by Crippen LogP contribution is -2.52. The van der Waals surface area contributed by atoms with Gasteiger partial charge in [0.1, 0.15) is 0 Å². The van der Waals surface area contributed by atoms with Crippen LogP contribution in [0.25, 0.3) is 0 Å². The van der Waals surface area contributed by atoms with E-state index in [1.165, 1.54) is 5.56 Å². The third kappa shape index (κ3) is 3.35. The number of rotatable bonds is 4. The van der Waals surface area contributed by atoms with Gasteiger partial charge >= 0.3 is 0 Å². The third-order valence-corrected chi connectivity index (χ3v) is 4.37. The van der Waals surface area contributed by atoms with E-state index in [-0.39, 0.29) is 18.8 Å². The lowest BCUT2D eigenvalue weighted by molar-refractivity contribution is -0.0907. The van der Waals surface area contributed by atoms with Crippen molar-refractivity contribution in [1.82, 2.24) is 4.90 Å². The minimum atomic E-state index is -0.118. The number of nitrogens with two attached hydrogens (primary N) is 1. The maximum absolute atomic E-state index is 9.28. The molecule has 0 amide bonds. The second-order valence-electron chi connectivity index (χ2n) is 4.96. The van der Waals surface area contributed by atoms with Gasteiger partial charge < -0.3 is 15.6 Å². The van der Waals surface area contributed by atoms with E-state index in [9.17, 15) is 5.11 Å². The third-order valence-electron chi connectivity index (χ3n) is 3.65. The first-order valence-electron chi connectivity index (χ1n) is 6.60. The Morgan fingerprint density at radius 1 is 1.53 bits per heavy atom. The molecule has 1 aliphatic heterocycles. The van der Waals surface area contributed by atoms with Crippen LogP contribution in [0.5, 0.6) is 0 Å². The van der Waals surface area contributed by atoms with Crippen molar-refractivity contribution in [1.29, 1.82) is 0 Å². The molecule has 0 saturated carbocycles. The monoisotopic (exact) mass is 328 g/mol. The molecular formula is C14H21BrN2O2. The number of benzene rings is 1.